The zero-order valence-electron chi connectivity index (χ0n) is 9.10. The van der Waals surface area contributed by atoms with Crippen LogP contribution in [0.5, 0.6) is 0 Å². The van der Waals surface area contributed by atoms with E-state index in [-0.39, 0.29) is 5.82 Å². The van der Waals surface area contributed by atoms with Gasteiger partial charge in [0, 0.05) is 11.0 Å². The minimum absolute atomic E-state index is 0.191. The van der Waals surface area contributed by atoms with Crippen LogP contribution in [0.25, 0.3) is 0 Å². The van der Waals surface area contributed by atoms with Gasteiger partial charge in [0.25, 0.3) is 0 Å². The maximum Gasteiger partial charge on any atom is 0.147 e. The quantitative estimate of drug-likeness (QED) is 0.893. The topological polar surface area (TPSA) is 24.1 Å². The fraction of sp³-hybridized carbons (Fsp3) is 0.500. The first-order valence-corrected chi connectivity index (χ1v) is 6.44. The highest BCUT2D eigenvalue weighted by molar-refractivity contribution is 9.10. The molecule has 1 fully saturated rings. The molecule has 1 saturated heterocycles. The van der Waals surface area contributed by atoms with Crippen LogP contribution < -0.4 is 10.6 Å². The Hall–Kier alpha value is -0.610. The molecule has 0 aliphatic carbocycles. The molecule has 0 aromatic heterocycles. The zero-order valence-corrected chi connectivity index (χ0v) is 10.7. The molecule has 1 aliphatic heterocycles. The average Bonchev–Trinajstić information content (AvgIpc) is 2.29. The summed E-state index contributed by atoms with van der Waals surface area (Å²) in [7, 11) is 0. The van der Waals surface area contributed by atoms with Crippen molar-refractivity contribution in [3.05, 3.63) is 28.5 Å². The van der Waals surface area contributed by atoms with Crippen molar-refractivity contribution in [1.29, 1.82) is 0 Å². The van der Waals surface area contributed by atoms with Gasteiger partial charge < -0.3 is 10.6 Å². The Morgan fingerprint density at radius 3 is 2.81 bits per heavy atom. The van der Waals surface area contributed by atoms with Crippen molar-refractivity contribution in [3.63, 3.8) is 0 Å². The van der Waals surface area contributed by atoms with Crippen molar-refractivity contribution in [2.24, 2.45) is 5.92 Å². The van der Waals surface area contributed by atoms with Gasteiger partial charge in [0.15, 0.2) is 0 Å². The van der Waals surface area contributed by atoms with E-state index >= 15 is 0 Å². The number of rotatable bonds is 3. The van der Waals surface area contributed by atoms with Crippen molar-refractivity contribution in [3.8, 4) is 0 Å². The highest BCUT2D eigenvalue weighted by Crippen LogP contribution is 2.20. The van der Waals surface area contributed by atoms with Gasteiger partial charge in [-0.05, 0) is 50.0 Å². The summed E-state index contributed by atoms with van der Waals surface area (Å²) in [5.41, 5.74) is 0.599. The van der Waals surface area contributed by atoms with Crippen molar-refractivity contribution < 1.29 is 4.39 Å². The molecule has 0 radical (unpaired) electrons. The largest absolute Gasteiger partial charge is 0.382 e. The minimum Gasteiger partial charge on any atom is -0.382 e. The Labute approximate surface area is 104 Å². The highest BCUT2D eigenvalue weighted by atomic mass is 79.9. The second-order valence-electron chi connectivity index (χ2n) is 4.20. The molecule has 1 aliphatic rings. The predicted octanol–water partition coefficient (Wildman–Crippen LogP) is 3.00. The summed E-state index contributed by atoms with van der Waals surface area (Å²) in [5, 5.41) is 6.51. The summed E-state index contributed by atoms with van der Waals surface area (Å²) in [5.74, 6) is 0.465. The molecule has 88 valence electrons. The first-order chi connectivity index (χ1) is 7.75. The van der Waals surface area contributed by atoms with Crippen LogP contribution in [0.3, 0.4) is 0 Å². The lowest BCUT2D eigenvalue weighted by atomic mass is 9.98. The zero-order chi connectivity index (χ0) is 11.4. The normalized spacial score (nSPS) is 17.4. The van der Waals surface area contributed by atoms with E-state index in [4.69, 9.17) is 0 Å². The highest BCUT2D eigenvalue weighted by Gasteiger charge is 2.13. The van der Waals surface area contributed by atoms with Crippen LogP contribution in [0.4, 0.5) is 10.1 Å². The van der Waals surface area contributed by atoms with Gasteiger partial charge in [0.05, 0.1) is 5.69 Å². The van der Waals surface area contributed by atoms with Gasteiger partial charge >= 0.3 is 0 Å². The number of piperidine rings is 1. The molecule has 0 amide bonds. The lowest BCUT2D eigenvalue weighted by molar-refractivity contribution is 0.389. The third-order valence-electron chi connectivity index (χ3n) is 2.97. The van der Waals surface area contributed by atoms with E-state index in [0.717, 1.165) is 24.1 Å². The molecular formula is C12H16BrFN2. The second kappa shape index (κ2) is 5.64. The molecule has 4 heteroatoms. The van der Waals surface area contributed by atoms with Crippen LogP contribution in [-0.2, 0) is 0 Å². The third-order valence-corrected chi connectivity index (χ3v) is 3.46. The summed E-state index contributed by atoms with van der Waals surface area (Å²) >= 11 is 3.25. The van der Waals surface area contributed by atoms with Crippen LogP contribution in [-0.4, -0.2) is 19.6 Å². The molecule has 1 aromatic rings. The predicted molar refractivity (Wildman–Crippen MR) is 68.2 cm³/mol. The Morgan fingerprint density at radius 2 is 2.12 bits per heavy atom. The molecular weight excluding hydrogens is 271 g/mol. The van der Waals surface area contributed by atoms with Crippen LogP contribution in [0.2, 0.25) is 0 Å². The van der Waals surface area contributed by atoms with Crippen LogP contribution in [0, 0.1) is 11.7 Å². The smallest absolute Gasteiger partial charge is 0.147 e. The number of anilines is 1. The molecule has 0 bridgehead atoms. The number of hydrogen-bond donors (Lipinski definition) is 2. The second-order valence-corrected chi connectivity index (χ2v) is 5.11. The Morgan fingerprint density at radius 1 is 1.38 bits per heavy atom. The number of hydrogen-bond acceptors (Lipinski definition) is 2. The minimum atomic E-state index is -0.191. The van der Waals surface area contributed by atoms with Crippen molar-refractivity contribution in [1.82, 2.24) is 5.32 Å². The first kappa shape index (κ1) is 11.9. The number of nitrogens with one attached hydrogen (secondary N) is 2. The monoisotopic (exact) mass is 286 g/mol. The molecule has 2 N–H and O–H groups in total. The van der Waals surface area contributed by atoms with E-state index in [2.05, 4.69) is 26.6 Å². The van der Waals surface area contributed by atoms with Crippen LogP contribution >= 0.6 is 15.9 Å². The van der Waals surface area contributed by atoms with Crippen molar-refractivity contribution >= 4 is 21.6 Å². The van der Waals surface area contributed by atoms with Crippen LogP contribution in [0.1, 0.15) is 12.8 Å². The number of halogens is 2. The fourth-order valence-corrected chi connectivity index (χ4v) is 2.31. The Bertz CT molecular complexity index is 351. The van der Waals surface area contributed by atoms with Gasteiger partial charge in [0.1, 0.15) is 5.82 Å². The van der Waals surface area contributed by atoms with E-state index in [1.807, 2.05) is 6.07 Å². The molecule has 0 spiro atoms. The van der Waals surface area contributed by atoms with E-state index in [9.17, 15) is 4.39 Å². The summed E-state index contributed by atoms with van der Waals surface area (Å²) < 4.78 is 14.3. The lowest BCUT2D eigenvalue weighted by Crippen LogP contribution is -2.31. The van der Waals surface area contributed by atoms with E-state index < -0.39 is 0 Å². The third kappa shape index (κ3) is 3.19. The fourth-order valence-electron chi connectivity index (χ4n) is 1.97. The molecule has 1 heterocycles. The van der Waals surface area contributed by atoms with Gasteiger partial charge in [-0.2, -0.15) is 0 Å². The molecule has 0 atom stereocenters. The standard InChI is InChI=1S/C12H16BrFN2/c13-10-1-2-12(11(14)7-10)16-8-9-3-5-15-6-4-9/h1-2,7,9,15-16H,3-6,8H2. The van der Waals surface area contributed by atoms with Crippen LogP contribution in [0.15, 0.2) is 22.7 Å². The van der Waals surface area contributed by atoms with Crippen molar-refractivity contribution in [2.45, 2.75) is 12.8 Å². The maximum atomic E-state index is 13.5. The Kier molecular flexibility index (Phi) is 4.18. The first-order valence-electron chi connectivity index (χ1n) is 5.65. The number of benzene rings is 1. The summed E-state index contributed by atoms with van der Waals surface area (Å²) in [6.45, 7) is 3.02. The van der Waals surface area contributed by atoms with E-state index in [1.165, 1.54) is 18.9 Å². The van der Waals surface area contributed by atoms with Gasteiger partial charge in [-0.25, -0.2) is 4.39 Å². The molecule has 0 unspecified atom stereocenters. The molecule has 16 heavy (non-hydrogen) atoms. The van der Waals surface area contributed by atoms with E-state index in [0.29, 0.717) is 11.6 Å². The summed E-state index contributed by atoms with van der Waals surface area (Å²) in [6, 6.07) is 5.12. The molecule has 1 aromatic carbocycles. The maximum absolute atomic E-state index is 13.5. The van der Waals surface area contributed by atoms with Crippen molar-refractivity contribution in [2.75, 3.05) is 25.0 Å². The molecule has 0 saturated carbocycles. The molecule has 2 nitrogen and oxygen atoms in total. The molecule has 2 rings (SSSR count). The summed E-state index contributed by atoms with van der Waals surface area (Å²) in [4.78, 5) is 0. The lowest BCUT2D eigenvalue weighted by Gasteiger charge is -2.23. The Balaban J connectivity index is 1.88. The average molecular weight is 287 g/mol. The van der Waals surface area contributed by atoms with Gasteiger partial charge in [-0.1, -0.05) is 15.9 Å². The van der Waals surface area contributed by atoms with E-state index in [1.54, 1.807) is 6.07 Å². The van der Waals surface area contributed by atoms with Gasteiger partial charge in [0.2, 0.25) is 0 Å². The van der Waals surface area contributed by atoms with Gasteiger partial charge in [-0.15, -0.1) is 0 Å². The SMILES string of the molecule is Fc1cc(Br)ccc1NCC1CCNCC1. The van der Waals surface area contributed by atoms with Gasteiger partial charge in [-0.3, -0.25) is 0 Å². The summed E-state index contributed by atoms with van der Waals surface area (Å²) in [6.07, 6.45) is 2.34.